The fourth-order valence-electron chi connectivity index (χ4n) is 2.89. The van der Waals surface area contributed by atoms with Crippen LogP contribution in [0.5, 0.6) is 5.75 Å². The lowest BCUT2D eigenvalue weighted by Gasteiger charge is -2.23. The van der Waals surface area contributed by atoms with Gasteiger partial charge in [-0.2, -0.15) is 0 Å². The fourth-order valence-corrected chi connectivity index (χ4v) is 2.89. The van der Waals surface area contributed by atoms with E-state index in [9.17, 15) is 14.0 Å². The Bertz CT molecular complexity index is 912. The Kier molecular flexibility index (Phi) is 4.64. The number of fused-ring (bicyclic) bond motifs is 1. The summed E-state index contributed by atoms with van der Waals surface area (Å²) in [6.45, 7) is 2.94. The van der Waals surface area contributed by atoms with Gasteiger partial charge in [0.15, 0.2) is 11.4 Å². The second-order valence-corrected chi connectivity index (χ2v) is 6.79. The number of carbonyl (C=O) groups excluding carboxylic acids is 1. The molecule has 0 heterocycles. The molecule has 1 aliphatic rings. The van der Waals surface area contributed by atoms with Gasteiger partial charge in [0.25, 0.3) is 0 Å². The third-order valence-electron chi connectivity index (χ3n) is 4.35. The first kappa shape index (κ1) is 17.9. The van der Waals surface area contributed by atoms with E-state index in [2.05, 4.69) is 0 Å². The third-order valence-corrected chi connectivity index (χ3v) is 4.35. The molecule has 5 heteroatoms. The van der Waals surface area contributed by atoms with Crippen molar-refractivity contribution in [3.8, 4) is 5.75 Å². The smallest absolute Gasteiger partial charge is 0.347 e. The number of halogens is 1. The zero-order valence-corrected chi connectivity index (χ0v) is 14.6. The Morgan fingerprint density at radius 2 is 1.96 bits per heavy atom. The Hall–Kier alpha value is -2.95. The summed E-state index contributed by atoms with van der Waals surface area (Å²) in [4.78, 5) is 23.9. The van der Waals surface area contributed by atoms with E-state index in [0.717, 1.165) is 5.56 Å². The number of hydrogen-bond donors (Lipinski definition) is 1. The van der Waals surface area contributed by atoms with Crippen LogP contribution in [0.15, 0.2) is 48.0 Å². The highest BCUT2D eigenvalue weighted by Crippen LogP contribution is 2.30. The van der Waals surface area contributed by atoms with Gasteiger partial charge in [-0.25, -0.2) is 9.18 Å². The highest BCUT2D eigenvalue weighted by atomic mass is 19.1. The number of Topliss-reactive ketones (excluding diaryl/α,β-unsaturated/α-hetero) is 1. The molecular formula is C21H19FO4. The van der Waals surface area contributed by atoms with Crippen molar-refractivity contribution in [3.05, 3.63) is 70.5 Å². The van der Waals surface area contributed by atoms with E-state index >= 15 is 0 Å². The average molecular weight is 354 g/mol. The van der Waals surface area contributed by atoms with E-state index < -0.39 is 11.6 Å². The Morgan fingerprint density at radius 3 is 2.65 bits per heavy atom. The second-order valence-electron chi connectivity index (χ2n) is 6.79. The molecule has 0 aliphatic heterocycles. The molecule has 0 fully saturated rings. The average Bonchev–Trinajstić information content (AvgIpc) is 2.57. The van der Waals surface area contributed by atoms with Gasteiger partial charge in [0, 0.05) is 11.1 Å². The lowest BCUT2D eigenvalue weighted by molar-refractivity contribution is -0.152. The van der Waals surface area contributed by atoms with Crippen molar-refractivity contribution in [2.45, 2.75) is 32.3 Å². The number of ketones is 1. The molecule has 0 atom stereocenters. The van der Waals surface area contributed by atoms with Crippen molar-refractivity contribution < 1.29 is 23.8 Å². The van der Waals surface area contributed by atoms with E-state index in [1.54, 1.807) is 36.4 Å². The minimum absolute atomic E-state index is 0.0976. The molecule has 1 aliphatic carbocycles. The molecule has 1 N–H and O–H groups in total. The van der Waals surface area contributed by atoms with E-state index in [1.807, 2.05) is 0 Å². The molecule has 2 aromatic rings. The first-order valence-electron chi connectivity index (χ1n) is 8.32. The number of ether oxygens (including phenoxy) is 1. The van der Waals surface area contributed by atoms with Crippen LogP contribution in [-0.2, 0) is 11.2 Å². The maximum absolute atomic E-state index is 13.3. The van der Waals surface area contributed by atoms with Crippen LogP contribution in [-0.4, -0.2) is 22.5 Å². The Morgan fingerprint density at radius 1 is 1.19 bits per heavy atom. The van der Waals surface area contributed by atoms with Gasteiger partial charge in [-0.15, -0.1) is 0 Å². The van der Waals surface area contributed by atoms with Gasteiger partial charge >= 0.3 is 5.97 Å². The van der Waals surface area contributed by atoms with Gasteiger partial charge < -0.3 is 9.84 Å². The predicted octanol–water partition coefficient (Wildman–Crippen LogP) is 4.28. The van der Waals surface area contributed by atoms with Crippen LogP contribution in [0.4, 0.5) is 4.39 Å². The lowest BCUT2D eigenvalue weighted by atomic mass is 9.86. The van der Waals surface area contributed by atoms with Gasteiger partial charge in [0.05, 0.1) is 0 Å². The minimum Gasteiger partial charge on any atom is -0.478 e. The van der Waals surface area contributed by atoms with Crippen molar-refractivity contribution in [2.24, 2.45) is 0 Å². The van der Waals surface area contributed by atoms with Crippen molar-refractivity contribution in [1.82, 2.24) is 0 Å². The number of allylic oxidation sites excluding steroid dienone is 1. The lowest BCUT2D eigenvalue weighted by Crippen LogP contribution is -2.37. The molecule has 134 valence electrons. The van der Waals surface area contributed by atoms with E-state index in [-0.39, 0.29) is 11.6 Å². The van der Waals surface area contributed by atoms with Crippen molar-refractivity contribution >= 4 is 17.8 Å². The SMILES string of the molecule is CC(C)(Oc1ccc2c(c1)CCC(=Cc1cccc(F)c1)C2=O)C(=O)O. The standard InChI is InChI=1S/C21H19FO4/c1-21(2,20(24)25)26-17-8-9-18-14(12-17)6-7-15(19(18)23)10-13-4-3-5-16(22)11-13/h3-5,8-12H,6-7H2,1-2H3,(H,24,25). The van der Waals surface area contributed by atoms with E-state index in [0.29, 0.717) is 35.3 Å². The zero-order chi connectivity index (χ0) is 18.9. The van der Waals surface area contributed by atoms with Crippen LogP contribution in [0.1, 0.15) is 41.8 Å². The van der Waals surface area contributed by atoms with Crippen LogP contribution < -0.4 is 4.74 Å². The number of carboxylic acids is 1. The van der Waals surface area contributed by atoms with Gasteiger partial charge in [-0.05, 0) is 74.2 Å². The number of carbonyl (C=O) groups is 2. The summed E-state index contributed by atoms with van der Waals surface area (Å²) >= 11 is 0. The van der Waals surface area contributed by atoms with Crippen molar-refractivity contribution in [1.29, 1.82) is 0 Å². The van der Waals surface area contributed by atoms with Gasteiger partial charge in [0.2, 0.25) is 0 Å². The summed E-state index contributed by atoms with van der Waals surface area (Å²) in [5.74, 6) is -1.08. The second kappa shape index (κ2) is 6.75. The highest BCUT2D eigenvalue weighted by Gasteiger charge is 2.30. The number of aryl methyl sites for hydroxylation is 1. The van der Waals surface area contributed by atoms with Crippen molar-refractivity contribution in [3.63, 3.8) is 0 Å². The minimum atomic E-state index is -1.35. The van der Waals surface area contributed by atoms with Crippen molar-refractivity contribution in [2.75, 3.05) is 0 Å². The predicted molar refractivity (Wildman–Crippen MR) is 95.8 cm³/mol. The fraction of sp³-hybridized carbons (Fsp3) is 0.238. The maximum atomic E-state index is 13.3. The van der Waals surface area contributed by atoms with Crippen LogP contribution in [0.3, 0.4) is 0 Å². The number of hydrogen-bond acceptors (Lipinski definition) is 3. The van der Waals surface area contributed by atoms with Gasteiger partial charge in [0.1, 0.15) is 11.6 Å². The number of rotatable bonds is 4. The van der Waals surface area contributed by atoms with Crippen LogP contribution in [0.25, 0.3) is 6.08 Å². The maximum Gasteiger partial charge on any atom is 0.347 e. The highest BCUT2D eigenvalue weighted by molar-refractivity contribution is 6.13. The zero-order valence-electron chi connectivity index (χ0n) is 14.6. The molecule has 0 saturated heterocycles. The topological polar surface area (TPSA) is 63.6 Å². The molecule has 3 rings (SSSR count). The normalized spacial score (nSPS) is 15.7. The summed E-state index contributed by atoms with van der Waals surface area (Å²) in [6.07, 6.45) is 2.88. The molecule has 0 bridgehead atoms. The number of benzene rings is 2. The summed E-state index contributed by atoms with van der Waals surface area (Å²) in [5.41, 5.74) is 1.32. The molecule has 0 amide bonds. The molecule has 0 saturated carbocycles. The van der Waals surface area contributed by atoms with Gasteiger partial charge in [-0.3, -0.25) is 4.79 Å². The van der Waals surface area contributed by atoms with Crippen LogP contribution in [0, 0.1) is 5.82 Å². The molecule has 0 spiro atoms. The van der Waals surface area contributed by atoms with E-state index in [4.69, 9.17) is 9.84 Å². The summed E-state index contributed by atoms with van der Waals surface area (Å²) < 4.78 is 18.9. The monoisotopic (exact) mass is 354 g/mol. The molecule has 0 aromatic heterocycles. The molecular weight excluding hydrogens is 335 g/mol. The summed E-state index contributed by atoms with van der Waals surface area (Å²) in [7, 11) is 0. The van der Waals surface area contributed by atoms with E-state index in [1.165, 1.54) is 26.0 Å². The number of carboxylic acid groups (broad SMARTS) is 1. The van der Waals surface area contributed by atoms with Crippen LogP contribution in [0.2, 0.25) is 0 Å². The summed E-state index contributed by atoms with van der Waals surface area (Å²) in [5, 5.41) is 9.16. The Labute approximate surface area is 150 Å². The third kappa shape index (κ3) is 3.67. The molecule has 26 heavy (non-hydrogen) atoms. The molecule has 4 nitrogen and oxygen atoms in total. The molecule has 0 radical (unpaired) electrons. The largest absolute Gasteiger partial charge is 0.478 e. The Balaban J connectivity index is 1.86. The van der Waals surface area contributed by atoms with Crippen LogP contribution >= 0.6 is 0 Å². The first-order chi connectivity index (χ1) is 12.3. The number of aliphatic carboxylic acids is 1. The summed E-state index contributed by atoms with van der Waals surface area (Å²) in [6, 6.07) is 11.1. The quantitative estimate of drug-likeness (QED) is 0.833. The first-order valence-corrected chi connectivity index (χ1v) is 8.32. The van der Waals surface area contributed by atoms with Gasteiger partial charge in [-0.1, -0.05) is 12.1 Å². The molecule has 2 aromatic carbocycles. The molecule has 0 unspecified atom stereocenters.